The molecule has 1 amide bonds. The van der Waals surface area contributed by atoms with Crippen LogP contribution in [0.3, 0.4) is 0 Å². The van der Waals surface area contributed by atoms with Gasteiger partial charge in [-0.1, -0.05) is 6.92 Å². The van der Waals surface area contributed by atoms with E-state index in [9.17, 15) is 9.59 Å². The van der Waals surface area contributed by atoms with Gasteiger partial charge < -0.3 is 15.0 Å². The van der Waals surface area contributed by atoms with Gasteiger partial charge in [-0.3, -0.25) is 14.6 Å². The van der Waals surface area contributed by atoms with Gasteiger partial charge in [0, 0.05) is 29.3 Å². The molecular formula is C21H21N3O3. The lowest BCUT2D eigenvalue weighted by molar-refractivity contribution is 0.101. The fraction of sp³-hybridized carbons (Fsp3) is 0.190. The van der Waals surface area contributed by atoms with Gasteiger partial charge in [-0.15, -0.1) is 0 Å². The van der Waals surface area contributed by atoms with E-state index in [-0.39, 0.29) is 11.7 Å². The number of aromatic amines is 1. The zero-order valence-corrected chi connectivity index (χ0v) is 15.5. The molecular weight excluding hydrogens is 342 g/mol. The Hall–Kier alpha value is -3.41. The van der Waals surface area contributed by atoms with Gasteiger partial charge in [0.1, 0.15) is 17.2 Å². The number of aryl methyl sites for hydroxylation is 1. The fourth-order valence-electron chi connectivity index (χ4n) is 3.04. The molecule has 0 bridgehead atoms. The first-order valence-electron chi connectivity index (χ1n) is 8.71. The summed E-state index contributed by atoms with van der Waals surface area (Å²) in [7, 11) is 0. The summed E-state index contributed by atoms with van der Waals surface area (Å²) in [4.78, 5) is 31.5. The molecule has 0 unspecified atom stereocenters. The van der Waals surface area contributed by atoms with Crippen LogP contribution in [0, 0.1) is 6.92 Å². The second kappa shape index (κ2) is 7.86. The van der Waals surface area contributed by atoms with Crippen molar-refractivity contribution in [3.63, 3.8) is 0 Å². The zero-order chi connectivity index (χ0) is 19.4. The molecule has 2 N–H and O–H groups in total. The second-order valence-electron chi connectivity index (χ2n) is 6.15. The maximum absolute atomic E-state index is 12.7. The van der Waals surface area contributed by atoms with Crippen molar-refractivity contribution in [3.8, 4) is 11.5 Å². The minimum absolute atomic E-state index is 0.0442. The maximum Gasteiger partial charge on any atom is 0.272 e. The highest BCUT2D eigenvalue weighted by Crippen LogP contribution is 2.24. The van der Waals surface area contributed by atoms with Gasteiger partial charge in [0.05, 0.1) is 0 Å². The molecule has 2 aromatic heterocycles. The van der Waals surface area contributed by atoms with Crippen molar-refractivity contribution in [2.24, 2.45) is 0 Å². The average Bonchev–Trinajstić information content (AvgIpc) is 3.01. The second-order valence-corrected chi connectivity index (χ2v) is 6.15. The number of ketones is 1. The summed E-state index contributed by atoms with van der Waals surface area (Å²) in [5, 5.41) is 2.86. The van der Waals surface area contributed by atoms with Crippen LogP contribution in [0.15, 0.2) is 48.8 Å². The predicted molar refractivity (Wildman–Crippen MR) is 104 cm³/mol. The smallest absolute Gasteiger partial charge is 0.272 e. The third-order valence-electron chi connectivity index (χ3n) is 4.22. The molecule has 27 heavy (non-hydrogen) atoms. The van der Waals surface area contributed by atoms with E-state index < -0.39 is 0 Å². The summed E-state index contributed by atoms with van der Waals surface area (Å²) in [6.45, 7) is 5.24. The lowest BCUT2D eigenvalue weighted by Crippen LogP contribution is -2.14. The summed E-state index contributed by atoms with van der Waals surface area (Å²) < 4.78 is 5.71. The highest BCUT2D eigenvalue weighted by atomic mass is 16.5. The number of amides is 1. The number of benzene rings is 1. The number of hydrogen-bond donors (Lipinski definition) is 2. The molecule has 6 nitrogen and oxygen atoms in total. The monoisotopic (exact) mass is 363 g/mol. The van der Waals surface area contributed by atoms with Crippen LogP contribution in [0.2, 0.25) is 0 Å². The molecule has 0 aliphatic carbocycles. The normalized spacial score (nSPS) is 10.5. The number of ether oxygens (including phenoxy) is 1. The Morgan fingerprint density at radius 2 is 1.70 bits per heavy atom. The molecule has 6 heteroatoms. The Morgan fingerprint density at radius 3 is 2.30 bits per heavy atom. The quantitative estimate of drug-likeness (QED) is 0.630. The Morgan fingerprint density at radius 1 is 1.07 bits per heavy atom. The molecule has 0 aliphatic rings. The van der Waals surface area contributed by atoms with E-state index in [1.165, 1.54) is 6.92 Å². The van der Waals surface area contributed by atoms with E-state index in [0.29, 0.717) is 40.6 Å². The summed E-state index contributed by atoms with van der Waals surface area (Å²) in [5.74, 6) is 1.03. The van der Waals surface area contributed by atoms with Gasteiger partial charge in [-0.05, 0) is 62.2 Å². The molecule has 0 radical (unpaired) electrons. The minimum atomic E-state index is -0.273. The Kier molecular flexibility index (Phi) is 5.35. The molecule has 3 rings (SSSR count). The van der Waals surface area contributed by atoms with E-state index >= 15 is 0 Å². The van der Waals surface area contributed by atoms with E-state index in [1.807, 2.05) is 6.92 Å². The minimum Gasteiger partial charge on any atom is -0.457 e. The van der Waals surface area contributed by atoms with Crippen LogP contribution >= 0.6 is 0 Å². The Bertz CT molecular complexity index is 960. The van der Waals surface area contributed by atoms with Gasteiger partial charge in [0.15, 0.2) is 5.78 Å². The van der Waals surface area contributed by atoms with Crippen LogP contribution < -0.4 is 10.1 Å². The SMILES string of the molecule is CCc1c(C(=O)Nc2ccc(Oc3ccncc3)cc2)[nH]c(C)c1C(C)=O. The van der Waals surface area contributed by atoms with Crippen molar-refractivity contribution in [2.45, 2.75) is 27.2 Å². The lowest BCUT2D eigenvalue weighted by atomic mass is 10.0. The molecule has 138 valence electrons. The Balaban J connectivity index is 1.75. The number of Topliss-reactive ketones (excluding diaryl/α,β-unsaturated/α-hetero) is 1. The average molecular weight is 363 g/mol. The summed E-state index contributed by atoms with van der Waals surface area (Å²) in [5.41, 5.74) is 3.13. The molecule has 2 heterocycles. The van der Waals surface area contributed by atoms with E-state index in [1.54, 1.807) is 55.7 Å². The number of H-pyrrole nitrogens is 1. The molecule has 0 saturated carbocycles. The van der Waals surface area contributed by atoms with Crippen molar-refractivity contribution in [1.82, 2.24) is 9.97 Å². The number of pyridine rings is 1. The number of carbonyl (C=O) groups excluding carboxylic acids is 2. The van der Waals surface area contributed by atoms with Crippen LogP contribution in [0.25, 0.3) is 0 Å². The van der Waals surface area contributed by atoms with Crippen LogP contribution in [0.1, 0.15) is 46.0 Å². The van der Waals surface area contributed by atoms with Gasteiger partial charge in [0.25, 0.3) is 5.91 Å². The van der Waals surface area contributed by atoms with Crippen molar-refractivity contribution in [3.05, 3.63) is 71.3 Å². The van der Waals surface area contributed by atoms with Crippen LogP contribution in [-0.2, 0) is 6.42 Å². The molecule has 0 fully saturated rings. The van der Waals surface area contributed by atoms with E-state index in [4.69, 9.17) is 4.74 Å². The summed E-state index contributed by atoms with van der Waals surface area (Å²) >= 11 is 0. The topological polar surface area (TPSA) is 84.1 Å². The van der Waals surface area contributed by atoms with Crippen molar-refractivity contribution in [1.29, 1.82) is 0 Å². The van der Waals surface area contributed by atoms with Gasteiger partial charge in [-0.25, -0.2) is 0 Å². The third-order valence-corrected chi connectivity index (χ3v) is 4.22. The van der Waals surface area contributed by atoms with Crippen LogP contribution in [-0.4, -0.2) is 21.7 Å². The molecule has 3 aromatic rings. The highest BCUT2D eigenvalue weighted by Gasteiger charge is 2.21. The number of rotatable bonds is 6. The van der Waals surface area contributed by atoms with E-state index in [0.717, 1.165) is 5.56 Å². The van der Waals surface area contributed by atoms with Crippen LogP contribution in [0.5, 0.6) is 11.5 Å². The summed E-state index contributed by atoms with van der Waals surface area (Å²) in [6, 6.07) is 10.6. The van der Waals surface area contributed by atoms with Crippen molar-refractivity contribution < 1.29 is 14.3 Å². The van der Waals surface area contributed by atoms with Crippen molar-refractivity contribution >= 4 is 17.4 Å². The first-order valence-corrected chi connectivity index (χ1v) is 8.71. The maximum atomic E-state index is 12.7. The predicted octanol–water partition coefficient (Wildman–Crippen LogP) is 4.53. The molecule has 0 spiro atoms. The van der Waals surface area contributed by atoms with Crippen LogP contribution in [0.4, 0.5) is 5.69 Å². The third kappa shape index (κ3) is 4.06. The number of nitrogens with zero attached hydrogens (tertiary/aromatic N) is 1. The first kappa shape index (κ1) is 18.4. The number of nitrogens with one attached hydrogen (secondary N) is 2. The number of anilines is 1. The molecule has 0 atom stereocenters. The summed E-state index contributed by atoms with van der Waals surface area (Å²) in [6.07, 6.45) is 3.91. The fourth-order valence-corrected chi connectivity index (χ4v) is 3.04. The standard InChI is InChI=1S/C21H21N3O3/c1-4-18-19(14(3)25)13(2)23-20(18)21(26)24-15-5-7-16(8-6-15)27-17-9-11-22-12-10-17/h5-12,23H,4H2,1-3H3,(H,24,26). The number of hydrogen-bond acceptors (Lipinski definition) is 4. The number of carbonyl (C=O) groups is 2. The van der Waals surface area contributed by atoms with Crippen molar-refractivity contribution in [2.75, 3.05) is 5.32 Å². The number of aromatic nitrogens is 2. The molecule has 0 saturated heterocycles. The van der Waals surface area contributed by atoms with Gasteiger partial charge in [-0.2, -0.15) is 0 Å². The van der Waals surface area contributed by atoms with Gasteiger partial charge >= 0.3 is 0 Å². The van der Waals surface area contributed by atoms with Gasteiger partial charge in [0.2, 0.25) is 0 Å². The Labute approximate surface area is 157 Å². The first-order chi connectivity index (χ1) is 13.0. The molecule has 0 aliphatic heterocycles. The largest absolute Gasteiger partial charge is 0.457 e. The lowest BCUT2D eigenvalue weighted by Gasteiger charge is -2.08. The zero-order valence-electron chi connectivity index (χ0n) is 15.5. The molecule has 1 aromatic carbocycles. The van der Waals surface area contributed by atoms with E-state index in [2.05, 4.69) is 15.3 Å². The highest BCUT2D eigenvalue weighted by molar-refractivity contribution is 6.07.